The summed E-state index contributed by atoms with van der Waals surface area (Å²) in [5.74, 6) is 0. The third-order valence-electron chi connectivity index (χ3n) is 4.31. The Morgan fingerprint density at radius 1 is 1.41 bits per heavy atom. The van der Waals surface area contributed by atoms with Gasteiger partial charge in [-0.1, -0.05) is 20.8 Å². The summed E-state index contributed by atoms with van der Waals surface area (Å²) in [5.41, 5.74) is 0.169. The Morgan fingerprint density at radius 2 is 2.12 bits per heavy atom. The van der Waals surface area contributed by atoms with E-state index in [2.05, 4.69) is 26.1 Å². The lowest BCUT2D eigenvalue weighted by molar-refractivity contribution is 0.0389. The van der Waals surface area contributed by atoms with Crippen LogP contribution in [-0.4, -0.2) is 41.8 Å². The molecule has 98 valence electrons. The summed E-state index contributed by atoms with van der Waals surface area (Å²) in [5, 5.41) is 12.8. The Bertz CT molecular complexity index is 303. The van der Waals surface area contributed by atoms with Crippen molar-refractivity contribution >= 4 is 6.09 Å². The second-order valence-electron chi connectivity index (χ2n) is 6.64. The van der Waals surface area contributed by atoms with Gasteiger partial charge in [0.25, 0.3) is 0 Å². The molecule has 0 radical (unpaired) electrons. The summed E-state index contributed by atoms with van der Waals surface area (Å²) in [7, 11) is 0. The molecule has 2 atom stereocenters. The van der Waals surface area contributed by atoms with Crippen LogP contribution in [0, 0.1) is 10.8 Å². The molecule has 4 nitrogen and oxygen atoms in total. The fraction of sp³-hybridized carbons (Fsp3) is 0.923. The van der Waals surface area contributed by atoms with Gasteiger partial charge < -0.3 is 15.3 Å². The second-order valence-corrected chi connectivity index (χ2v) is 6.64. The highest BCUT2D eigenvalue weighted by Gasteiger charge is 2.53. The number of amides is 1. The fourth-order valence-electron chi connectivity index (χ4n) is 3.97. The summed E-state index contributed by atoms with van der Waals surface area (Å²) in [4.78, 5) is 13.1. The maximum absolute atomic E-state index is 11.4. The summed E-state index contributed by atoms with van der Waals surface area (Å²) in [6.45, 7) is 9.23. The zero-order valence-corrected chi connectivity index (χ0v) is 11.1. The first-order valence-corrected chi connectivity index (χ1v) is 6.57. The van der Waals surface area contributed by atoms with Crippen molar-refractivity contribution in [3.63, 3.8) is 0 Å². The molecule has 17 heavy (non-hydrogen) atoms. The van der Waals surface area contributed by atoms with Gasteiger partial charge >= 0.3 is 6.09 Å². The first-order valence-electron chi connectivity index (χ1n) is 6.57. The molecule has 2 fully saturated rings. The van der Waals surface area contributed by atoms with Crippen molar-refractivity contribution in [1.82, 2.24) is 10.2 Å². The quantitative estimate of drug-likeness (QED) is 0.682. The molecule has 1 spiro atoms. The van der Waals surface area contributed by atoms with Gasteiger partial charge in [0.1, 0.15) is 0 Å². The molecule has 0 aromatic rings. The monoisotopic (exact) mass is 240 g/mol. The van der Waals surface area contributed by atoms with Crippen LogP contribution in [0.1, 0.15) is 40.0 Å². The number of carboxylic acid groups (broad SMARTS) is 1. The third-order valence-corrected chi connectivity index (χ3v) is 4.31. The minimum absolute atomic E-state index is 0.00785. The van der Waals surface area contributed by atoms with Crippen molar-refractivity contribution in [2.45, 2.75) is 46.1 Å². The van der Waals surface area contributed by atoms with Crippen LogP contribution in [0.5, 0.6) is 0 Å². The van der Waals surface area contributed by atoms with Crippen LogP contribution in [0.2, 0.25) is 0 Å². The van der Waals surface area contributed by atoms with Gasteiger partial charge in [0.15, 0.2) is 0 Å². The average Bonchev–Trinajstić information content (AvgIpc) is 2.58. The van der Waals surface area contributed by atoms with Gasteiger partial charge in [-0.15, -0.1) is 0 Å². The maximum Gasteiger partial charge on any atom is 0.407 e. The van der Waals surface area contributed by atoms with Crippen LogP contribution in [0.15, 0.2) is 0 Å². The van der Waals surface area contributed by atoms with Gasteiger partial charge in [-0.25, -0.2) is 4.79 Å². The van der Waals surface area contributed by atoms with E-state index in [1.807, 2.05) is 0 Å². The SMILES string of the molecule is CC(C)(C)C1N(C(=O)O)CCC12CCCNC2. The van der Waals surface area contributed by atoms with E-state index in [1.165, 1.54) is 6.42 Å². The van der Waals surface area contributed by atoms with E-state index in [9.17, 15) is 9.90 Å². The van der Waals surface area contributed by atoms with Crippen molar-refractivity contribution in [3.05, 3.63) is 0 Å². The van der Waals surface area contributed by atoms with Gasteiger partial charge in [0.2, 0.25) is 0 Å². The van der Waals surface area contributed by atoms with E-state index in [0.717, 1.165) is 25.9 Å². The van der Waals surface area contributed by atoms with E-state index < -0.39 is 6.09 Å². The van der Waals surface area contributed by atoms with Crippen molar-refractivity contribution in [3.8, 4) is 0 Å². The molecule has 0 aliphatic carbocycles. The van der Waals surface area contributed by atoms with E-state index in [-0.39, 0.29) is 16.9 Å². The third kappa shape index (κ3) is 2.15. The van der Waals surface area contributed by atoms with Gasteiger partial charge in [-0.2, -0.15) is 0 Å². The number of hydrogen-bond donors (Lipinski definition) is 2. The summed E-state index contributed by atoms with van der Waals surface area (Å²) in [6, 6.07) is 0.139. The molecule has 2 aliphatic rings. The number of likely N-dealkylation sites (tertiary alicyclic amines) is 1. The predicted octanol–water partition coefficient (Wildman–Crippen LogP) is 2.15. The Hall–Kier alpha value is -0.770. The number of hydrogen-bond acceptors (Lipinski definition) is 2. The topological polar surface area (TPSA) is 52.6 Å². The van der Waals surface area contributed by atoms with Gasteiger partial charge in [-0.05, 0) is 31.2 Å². The molecule has 2 unspecified atom stereocenters. The average molecular weight is 240 g/mol. The number of piperidine rings is 1. The number of carbonyl (C=O) groups is 1. The lowest BCUT2D eigenvalue weighted by Crippen LogP contribution is -2.55. The van der Waals surface area contributed by atoms with Crippen LogP contribution in [0.3, 0.4) is 0 Å². The normalized spacial score (nSPS) is 34.3. The van der Waals surface area contributed by atoms with Crippen LogP contribution < -0.4 is 5.32 Å². The molecule has 2 rings (SSSR count). The first-order chi connectivity index (χ1) is 7.87. The molecular weight excluding hydrogens is 216 g/mol. The predicted molar refractivity (Wildman–Crippen MR) is 67.1 cm³/mol. The molecule has 0 bridgehead atoms. The largest absolute Gasteiger partial charge is 0.465 e. The van der Waals surface area contributed by atoms with E-state index >= 15 is 0 Å². The standard InChI is InChI=1S/C13H24N2O2/c1-12(2,3)10-13(5-4-7-14-9-13)6-8-15(10)11(16)17/h10,14H,4-9H2,1-3H3,(H,16,17). The number of rotatable bonds is 0. The fourth-order valence-corrected chi connectivity index (χ4v) is 3.97. The van der Waals surface area contributed by atoms with Crippen molar-refractivity contribution in [1.29, 1.82) is 0 Å². The molecule has 2 saturated heterocycles. The Labute approximate surface area is 103 Å². The van der Waals surface area contributed by atoms with Crippen molar-refractivity contribution in [2.24, 2.45) is 10.8 Å². The lowest BCUT2D eigenvalue weighted by atomic mass is 9.66. The van der Waals surface area contributed by atoms with Gasteiger partial charge in [0, 0.05) is 24.5 Å². The van der Waals surface area contributed by atoms with E-state index in [1.54, 1.807) is 4.90 Å². The highest BCUT2D eigenvalue weighted by atomic mass is 16.4. The smallest absolute Gasteiger partial charge is 0.407 e. The maximum atomic E-state index is 11.4. The highest BCUT2D eigenvalue weighted by molar-refractivity contribution is 5.66. The minimum atomic E-state index is -0.757. The molecule has 0 aromatic heterocycles. The molecule has 0 saturated carbocycles. The molecule has 2 aliphatic heterocycles. The number of nitrogens with zero attached hydrogens (tertiary/aromatic N) is 1. The first kappa shape index (κ1) is 12.7. The van der Waals surface area contributed by atoms with Gasteiger partial charge in [0.05, 0.1) is 0 Å². The zero-order chi connectivity index (χ0) is 12.7. The summed E-state index contributed by atoms with van der Waals surface area (Å²) < 4.78 is 0. The highest BCUT2D eigenvalue weighted by Crippen LogP contribution is 2.48. The van der Waals surface area contributed by atoms with Gasteiger partial charge in [-0.3, -0.25) is 0 Å². The molecule has 4 heteroatoms. The van der Waals surface area contributed by atoms with Crippen molar-refractivity contribution in [2.75, 3.05) is 19.6 Å². The van der Waals surface area contributed by atoms with E-state index in [4.69, 9.17) is 0 Å². The van der Waals surface area contributed by atoms with Crippen LogP contribution >= 0.6 is 0 Å². The van der Waals surface area contributed by atoms with Crippen molar-refractivity contribution < 1.29 is 9.90 Å². The molecular formula is C13H24N2O2. The Kier molecular flexibility index (Phi) is 3.10. The number of nitrogens with one attached hydrogen (secondary N) is 1. The van der Waals surface area contributed by atoms with Crippen LogP contribution in [0.25, 0.3) is 0 Å². The van der Waals surface area contributed by atoms with Crippen LogP contribution in [-0.2, 0) is 0 Å². The van der Waals surface area contributed by atoms with Crippen LogP contribution in [0.4, 0.5) is 4.79 Å². The summed E-state index contributed by atoms with van der Waals surface area (Å²) >= 11 is 0. The molecule has 0 aromatic carbocycles. The lowest BCUT2D eigenvalue weighted by Gasteiger charge is -2.46. The Morgan fingerprint density at radius 3 is 2.59 bits per heavy atom. The molecule has 2 heterocycles. The molecule has 1 amide bonds. The van der Waals surface area contributed by atoms with E-state index in [0.29, 0.717) is 6.54 Å². The zero-order valence-electron chi connectivity index (χ0n) is 11.1. The summed E-state index contributed by atoms with van der Waals surface area (Å²) in [6.07, 6.45) is 2.58. The Balaban J connectivity index is 2.30. The minimum Gasteiger partial charge on any atom is -0.465 e. The second kappa shape index (κ2) is 4.16. The molecule has 2 N–H and O–H groups in total.